The quantitative estimate of drug-likeness (QED) is 0.435. The number of aromatic nitrogens is 1. The van der Waals surface area contributed by atoms with Gasteiger partial charge in [-0.3, -0.25) is 4.79 Å². The highest BCUT2D eigenvalue weighted by molar-refractivity contribution is 7.91. The number of nitrogens with zero attached hydrogens (tertiary/aromatic N) is 1. The number of anilines is 1. The zero-order valence-electron chi connectivity index (χ0n) is 15.7. The van der Waals surface area contributed by atoms with E-state index in [-0.39, 0.29) is 4.21 Å². The number of hydrogen-bond donors (Lipinski definition) is 2. The van der Waals surface area contributed by atoms with Gasteiger partial charge < -0.3 is 10.1 Å². The molecule has 0 aliphatic rings. The maximum Gasteiger partial charge on any atom is 0.251 e. The number of methoxy groups -OCH3 is 1. The SMILES string of the molecule is COc1ccc2nc(NC(=O)[C@@H](NS(=O)(=O)c3cccs3)c3ccccc3)sc2c1. The van der Waals surface area contributed by atoms with Crippen molar-refractivity contribution < 1.29 is 17.9 Å². The van der Waals surface area contributed by atoms with Crippen molar-refractivity contribution in [2.75, 3.05) is 12.4 Å². The number of carbonyl (C=O) groups excluding carboxylic acids is 1. The summed E-state index contributed by atoms with van der Waals surface area (Å²) < 4.78 is 34.2. The van der Waals surface area contributed by atoms with Crippen molar-refractivity contribution in [2.24, 2.45) is 0 Å². The standard InChI is InChI=1S/C20H17N3O4S3/c1-27-14-9-10-15-16(12-14)29-20(21-15)22-19(24)18(13-6-3-2-4-7-13)23-30(25,26)17-8-5-11-28-17/h2-12,18,23H,1H3,(H,21,22,24)/t18-/m0/s1. The first-order chi connectivity index (χ1) is 14.5. The van der Waals surface area contributed by atoms with E-state index in [0.29, 0.717) is 22.0 Å². The minimum Gasteiger partial charge on any atom is -0.497 e. The number of sulfonamides is 1. The molecule has 30 heavy (non-hydrogen) atoms. The van der Waals surface area contributed by atoms with Crippen molar-refractivity contribution >= 4 is 54.0 Å². The summed E-state index contributed by atoms with van der Waals surface area (Å²) in [6, 6.07) is 16.1. The zero-order chi connectivity index (χ0) is 21.1. The fraction of sp³-hybridized carbons (Fsp3) is 0.100. The Bertz CT molecular complexity index is 1270. The predicted octanol–water partition coefficient (Wildman–Crippen LogP) is 4.02. The molecule has 1 atom stereocenters. The first kappa shape index (κ1) is 20.5. The average Bonchev–Trinajstić information content (AvgIpc) is 3.42. The number of fused-ring (bicyclic) bond motifs is 1. The molecule has 0 radical (unpaired) electrons. The Labute approximate surface area is 181 Å². The van der Waals surface area contributed by atoms with Crippen LogP contribution in [0.2, 0.25) is 0 Å². The van der Waals surface area contributed by atoms with E-state index in [1.165, 1.54) is 17.4 Å². The number of ether oxygens (including phenoxy) is 1. The Morgan fingerprint density at radius 1 is 1.10 bits per heavy atom. The van der Waals surface area contributed by atoms with Gasteiger partial charge in [-0.15, -0.1) is 11.3 Å². The van der Waals surface area contributed by atoms with Crippen LogP contribution in [0.15, 0.2) is 70.3 Å². The summed E-state index contributed by atoms with van der Waals surface area (Å²) >= 11 is 2.37. The first-order valence-corrected chi connectivity index (χ1v) is 12.0. The van der Waals surface area contributed by atoms with Crippen molar-refractivity contribution in [3.63, 3.8) is 0 Å². The normalized spacial score (nSPS) is 12.6. The van der Waals surface area contributed by atoms with Gasteiger partial charge in [-0.1, -0.05) is 47.7 Å². The molecule has 2 N–H and O–H groups in total. The monoisotopic (exact) mass is 459 g/mol. The largest absolute Gasteiger partial charge is 0.497 e. The number of benzene rings is 2. The molecule has 0 bridgehead atoms. The maximum atomic E-state index is 13.1. The number of thiophene rings is 1. The molecule has 4 rings (SSSR count). The second-order valence-corrected chi connectivity index (χ2v) is 10.2. The molecule has 2 aromatic heterocycles. The van der Waals surface area contributed by atoms with Crippen LogP contribution in [0.1, 0.15) is 11.6 Å². The Hall–Kier alpha value is -2.79. The summed E-state index contributed by atoms with van der Waals surface area (Å²) in [5.41, 5.74) is 1.24. The highest BCUT2D eigenvalue weighted by Gasteiger charge is 2.28. The lowest BCUT2D eigenvalue weighted by atomic mass is 10.1. The van der Waals surface area contributed by atoms with Gasteiger partial charge in [0.15, 0.2) is 5.13 Å². The number of hydrogen-bond acceptors (Lipinski definition) is 7. The van der Waals surface area contributed by atoms with E-state index in [1.807, 2.05) is 6.07 Å². The van der Waals surface area contributed by atoms with Crippen LogP contribution in [0.5, 0.6) is 5.75 Å². The minimum absolute atomic E-state index is 0.142. The topological polar surface area (TPSA) is 97.4 Å². The number of carbonyl (C=O) groups is 1. The van der Waals surface area contributed by atoms with E-state index in [0.717, 1.165) is 16.0 Å². The molecule has 0 unspecified atom stereocenters. The molecule has 7 nitrogen and oxygen atoms in total. The summed E-state index contributed by atoms with van der Waals surface area (Å²) in [6.07, 6.45) is 0. The van der Waals surface area contributed by atoms with Gasteiger partial charge in [0.2, 0.25) is 5.91 Å². The third kappa shape index (κ3) is 4.36. The fourth-order valence-corrected chi connectivity index (χ4v) is 5.90. The minimum atomic E-state index is -3.86. The fourth-order valence-electron chi connectivity index (χ4n) is 2.81. The van der Waals surface area contributed by atoms with Crippen molar-refractivity contribution in [1.82, 2.24) is 9.71 Å². The lowest BCUT2D eigenvalue weighted by molar-refractivity contribution is -0.117. The summed E-state index contributed by atoms with van der Waals surface area (Å²) in [4.78, 5) is 17.5. The smallest absolute Gasteiger partial charge is 0.251 e. The Morgan fingerprint density at radius 3 is 2.60 bits per heavy atom. The van der Waals surface area contributed by atoms with Gasteiger partial charge in [0.1, 0.15) is 16.0 Å². The number of nitrogens with one attached hydrogen (secondary N) is 2. The third-order valence-electron chi connectivity index (χ3n) is 4.25. The van der Waals surface area contributed by atoms with Crippen LogP contribution in [0.4, 0.5) is 5.13 Å². The maximum absolute atomic E-state index is 13.1. The van der Waals surface area contributed by atoms with Gasteiger partial charge in [0, 0.05) is 0 Å². The van der Waals surface area contributed by atoms with Crippen molar-refractivity contribution in [2.45, 2.75) is 10.3 Å². The first-order valence-electron chi connectivity index (χ1n) is 8.82. The molecule has 4 aromatic rings. The van der Waals surface area contributed by atoms with Gasteiger partial charge in [0.25, 0.3) is 10.0 Å². The molecular weight excluding hydrogens is 442 g/mol. The van der Waals surface area contributed by atoms with Gasteiger partial charge >= 0.3 is 0 Å². The molecular formula is C20H17N3O4S3. The Balaban J connectivity index is 1.63. The highest BCUT2D eigenvalue weighted by atomic mass is 32.2. The second-order valence-electron chi connectivity index (χ2n) is 6.24. The summed E-state index contributed by atoms with van der Waals surface area (Å²) in [5, 5.41) is 4.78. The Kier molecular flexibility index (Phi) is 5.82. The molecule has 0 aliphatic heterocycles. The zero-order valence-corrected chi connectivity index (χ0v) is 18.2. The third-order valence-corrected chi connectivity index (χ3v) is 8.01. The number of rotatable bonds is 7. The van der Waals surface area contributed by atoms with Crippen LogP contribution in [0.3, 0.4) is 0 Å². The molecule has 0 fully saturated rings. The average molecular weight is 460 g/mol. The van der Waals surface area contributed by atoms with Crippen LogP contribution in [0.25, 0.3) is 10.2 Å². The van der Waals surface area contributed by atoms with E-state index in [4.69, 9.17) is 4.74 Å². The van der Waals surface area contributed by atoms with Crippen LogP contribution in [0, 0.1) is 0 Å². The van der Waals surface area contributed by atoms with Crippen LogP contribution in [-0.4, -0.2) is 26.4 Å². The lowest BCUT2D eigenvalue weighted by Crippen LogP contribution is -2.36. The van der Waals surface area contributed by atoms with Gasteiger partial charge in [-0.05, 0) is 35.2 Å². The molecule has 0 saturated carbocycles. The highest BCUT2D eigenvalue weighted by Crippen LogP contribution is 2.30. The molecule has 10 heteroatoms. The lowest BCUT2D eigenvalue weighted by Gasteiger charge is -2.17. The van der Waals surface area contributed by atoms with E-state index >= 15 is 0 Å². The van der Waals surface area contributed by atoms with E-state index in [2.05, 4.69) is 15.0 Å². The number of thiazole rings is 1. The van der Waals surface area contributed by atoms with E-state index in [1.54, 1.807) is 61.0 Å². The molecule has 0 saturated heterocycles. The van der Waals surface area contributed by atoms with Crippen LogP contribution < -0.4 is 14.8 Å². The summed E-state index contributed by atoms with van der Waals surface area (Å²) in [7, 11) is -2.28. The van der Waals surface area contributed by atoms with Gasteiger partial charge in [-0.25, -0.2) is 13.4 Å². The van der Waals surface area contributed by atoms with Crippen molar-refractivity contribution in [1.29, 1.82) is 0 Å². The molecule has 2 heterocycles. The molecule has 1 amide bonds. The van der Waals surface area contributed by atoms with Gasteiger partial charge in [0.05, 0.1) is 17.3 Å². The van der Waals surface area contributed by atoms with Crippen LogP contribution in [-0.2, 0) is 14.8 Å². The second kappa shape index (κ2) is 8.52. The molecule has 0 spiro atoms. The molecule has 0 aliphatic carbocycles. The predicted molar refractivity (Wildman–Crippen MR) is 119 cm³/mol. The van der Waals surface area contributed by atoms with Crippen molar-refractivity contribution in [3.8, 4) is 5.75 Å². The summed E-state index contributed by atoms with van der Waals surface area (Å²) in [5.74, 6) is 0.169. The summed E-state index contributed by atoms with van der Waals surface area (Å²) in [6.45, 7) is 0. The van der Waals surface area contributed by atoms with Crippen LogP contribution >= 0.6 is 22.7 Å². The molecule has 154 valence electrons. The van der Waals surface area contributed by atoms with E-state index < -0.39 is 22.0 Å². The Morgan fingerprint density at radius 2 is 1.90 bits per heavy atom. The van der Waals surface area contributed by atoms with Crippen molar-refractivity contribution in [3.05, 3.63) is 71.6 Å². The van der Waals surface area contributed by atoms with E-state index in [9.17, 15) is 13.2 Å². The number of amides is 1. The van der Waals surface area contributed by atoms with Gasteiger partial charge in [-0.2, -0.15) is 4.72 Å². The molecule has 2 aromatic carbocycles.